The Hall–Kier alpha value is -2.18. The number of carbonyl (C=O) groups is 2. The van der Waals surface area contributed by atoms with Crippen LogP contribution in [0, 0.1) is 5.82 Å². The van der Waals surface area contributed by atoms with Gasteiger partial charge in [-0.3, -0.25) is 10.1 Å². The second kappa shape index (κ2) is 5.44. The molecule has 1 saturated heterocycles. The molecule has 1 aromatic rings. The maximum Gasteiger partial charge on any atom is 0.324 e. The molecular formula is C13H17FN4O2. The molecule has 20 heavy (non-hydrogen) atoms. The second-order valence-electron chi connectivity index (χ2n) is 4.91. The second-order valence-corrected chi connectivity index (χ2v) is 4.91. The van der Waals surface area contributed by atoms with E-state index < -0.39 is 17.9 Å². The number of carbonyl (C=O) groups excluding carboxylic acids is 2. The van der Waals surface area contributed by atoms with Gasteiger partial charge in [0.2, 0.25) is 5.91 Å². The number of nitrogens with one attached hydrogen (secondary N) is 2. The fraction of sp³-hybridized carbons (Fsp3) is 0.462. The number of rotatable bonds is 1. The van der Waals surface area contributed by atoms with Gasteiger partial charge in [-0.25, -0.2) is 14.2 Å². The van der Waals surface area contributed by atoms with Gasteiger partial charge in [0.15, 0.2) is 0 Å². The van der Waals surface area contributed by atoms with E-state index in [0.717, 1.165) is 6.20 Å². The molecule has 6 nitrogen and oxygen atoms in total. The predicted octanol–water partition coefficient (Wildman–Crippen LogP) is 1.35. The summed E-state index contributed by atoms with van der Waals surface area (Å²) < 4.78 is 12.8. The summed E-state index contributed by atoms with van der Waals surface area (Å²) in [6.07, 6.45) is 1.02. The molecule has 3 unspecified atom stereocenters. The third kappa shape index (κ3) is 2.71. The van der Waals surface area contributed by atoms with E-state index >= 15 is 0 Å². The summed E-state index contributed by atoms with van der Waals surface area (Å²) in [6.45, 7) is 5.36. The molecule has 108 valence electrons. The van der Waals surface area contributed by atoms with Gasteiger partial charge >= 0.3 is 6.03 Å². The summed E-state index contributed by atoms with van der Waals surface area (Å²) in [4.78, 5) is 29.3. The molecule has 2 N–H and O–H groups in total. The monoisotopic (exact) mass is 280 g/mol. The Morgan fingerprint density at radius 1 is 1.40 bits per heavy atom. The van der Waals surface area contributed by atoms with Crippen molar-refractivity contribution in [1.29, 1.82) is 0 Å². The van der Waals surface area contributed by atoms with Crippen LogP contribution in [0.2, 0.25) is 0 Å². The molecule has 0 spiro atoms. The first-order valence-corrected chi connectivity index (χ1v) is 6.41. The zero-order valence-corrected chi connectivity index (χ0v) is 11.6. The lowest BCUT2D eigenvalue weighted by Crippen LogP contribution is -2.64. The van der Waals surface area contributed by atoms with E-state index in [-0.39, 0.29) is 23.8 Å². The fourth-order valence-electron chi connectivity index (χ4n) is 2.17. The molecule has 1 fully saturated rings. The summed E-state index contributed by atoms with van der Waals surface area (Å²) in [6, 6.07) is 1.30. The van der Waals surface area contributed by atoms with Gasteiger partial charge in [0.05, 0.1) is 12.2 Å². The van der Waals surface area contributed by atoms with Crippen LogP contribution >= 0.6 is 0 Å². The number of halogens is 1. The molecule has 3 amide bonds. The van der Waals surface area contributed by atoms with Crippen LogP contribution in [-0.2, 0) is 4.79 Å². The Bertz CT molecular complexity index is 520. The third-order valence-corrected chi connectivity index (χ3v) is 3.53. The maximum atomic E-state index is 12.8. The van der Waals surface area contributed by atoms with Crippen molar-refractivity contribution in [2.45, 2.75) is 38.9 Å². The Morgan fingerprint density at radius 3 is 2.70 bits per heavy atom. The quantitative estimate of drug-likeness (QED) is 0.815. The van der Waals surface area contributed by atoms with Gasteiger partial charge in [-0.15, -0.1) is 0 Å². The molecule has 0 bridgehead atoms. The number of nitrogens with zero attached hydrogens (tertiary/aromatic N) is 2. The van der Waals surface area contributed by atoms with Crippen molar-refractivity contribution in [2.75, 3.05) is 5.32 Å². The van der Waals surface area contributed by atoms with Crippen molar-refractivity contribution >= 4 is 17.8 Å². The van der Waals surface area contributed by atoms with Crippen LogP contribution in [0.15, 0.2) is 18.3 Å². The first-order chi connectivity index (χ1) is 9.40. The SMILES string of the molecule is CC1NC(=O)C(C)N(C(=O)Nc2ccc(F)cn2)C1C. The number of anilines is 1. The standard InChI is InChI=1S/C13H17FN4O2/c1-7-8(2)18(9(3)12(19)16-7)13(20)17-11-5-4-10(14)6-15-11/h4-9H,1-3H3,(H,16,19)(H,15,17,20). The highest BCUT2D eigenvalue weighted by atomic mass is 19.1. The number of piperazine rings is 1. The molecule has 0 aromatic carbocycles. The van der Waals surface area contributed by atoms with Crippen molar-refractivity contribution in [3.05, 3.63) is 24.1 Å². The molecular weight excluding hydrogens is 263 g/mol. The number of hydrogen-bond acceptors (Lipinski definition) is 3. The lowest BCUT2D eigenvalue weighted by molar-refractivity contribution is -0.129. The van der Waals surface area contributed by atoms with Crippen LogP contribution in [0.4, 0.5) is 15.0 Å². The molecule has 0 radical (unpaired) electrons. The van der Waals surface area contributed by atoms with E-state index in [0.29, 0.717) is 0 Å². The van der Waals surface area contributed by atoms with E-state index in [9.17, 15) is 14.0 Å². The van der Waals surface area contributed by atoms with E-state index in [1.807, 2.05) is 13.8 Å². The molecule has 0 aliphatic carbocycles. The van der Waals surface area contributed by atoms with Gasteiger partial charge in [0.1, 0.15) is 17.7 Å². The Morgan fingerprint density at radius 2 is 2.10 bits per heavy atom. The van der Waals surface area contributed by atoms with Gasteiger partial charge in [-0.05, 0) is 32.9 Å². The summed E-state index contributed by atoms with van der Waals surface area (Å²) in [5, 5.41) is 5.38. The summed E-state index contributed by atoms with van der Waals surface area (Å²) in [7, 11) is 0. The van der Waals surface area contributed by atoms with Crippen molar-refractivity contribution in [3.8, 4) is 0 Å². The molecule has 0 saturated carbocycles. The van der Waals surface area contributed by atoms with Crippen LogP contribution in [0.3, 0.4) is 0 Å². The molecule has 7 heteroatoms. The van der Waals surface area contributed by atoms with Gasteiger partial charge < -0.3 is 10.2 Å². The van der Waals surface area contributed by atoms with Gasteiger partial charge in [-0.1, -0.05) is 0 Å². The largest absolute Gasteiger partial charge is 0.350 e. The minimum absolute atomic E-state index is 0.134. The highest BCUT2D eigenvalue weighted by Crippen LogP contribution is 2.17. The molecule has 2 rings (SSSR count). The number of aromatic nitrogens is 1. The zero-order valence-electron chi connectivity index (χ0n) is 11.6. The van der Waals surface area contributed by atoms with Crippen molar-refractivity contribution in [1.82, 2.24) is 15.2 Å². The minimum atomic E-state index is -0.568. The van der Waals surface area contributed by atoms with Crippen molar-refractivity contribution < 1.29 is 14.0 Å². The average molecular weight is 280 g/mol. The lowest BCUT2D eigenvalue weighted by atomic mass is 10.0. The van der Waals surface area contributed by atoms with Crippen LogP contribution < -0.4 is 10.6 Å². The van der Waals surface area contributed by atoms with Crippen LogP contribution in [0.5, 0.6) is 0 Å². The summed E-state index contributed by atoms with van der Waals surface area (Å²) in [5.74, 6) is -0.428. The minimum Gasteiger partial charge on any atom is -0.350 e. The van der Waals surface area contributed by atoms with Gasteiger partial charge in [-0.2, -0.15) is 0 Å². The number of urea groups is 1. The van der Waals surface area contributed by atoms with Crippen LogP contribution in [0.1, 0.15) is 20.8 Å². The van der Waals surface area contributed by atoms with Gasteiger partial charge in [0.25, 0.3) is 0 Å². The van der Waals surface area contributed by atoms with Crippen molar-refractivity contribution in [3.63, 3.8) is 0 Å². The lowest BCUT2D eigenvalue weighted by Gasteiger charge is -2.41. The summed E-state index contributed by atoms with van der Waals surface area (Å²) in [5.41, 5.74) is 0. The molecule has 3 atom stereocenters. The molecule has 1 aromatic heterocycles. The van der Waals surface area contributed by atoms with Gasteiger partial charge in [0, 0.05) is 6.04 Å². The van der Waals surface area contributed by atoms with Crippen LogP contribution in [-0.4, -0.2) is 39.9 Å². The molecule has 2 heterocycles. The smallest absolute Gasteiger partial charge is 0.324 e. The topological polar surface area (TPSA) is 74.3 Å². The molecule has 1 aliphatic heterocycles. The first kappa shape index (κ1) is 14.2. The number of hydrogen-bond donors (Lipinski definition) is 2. The highest BCUT2D eigenvalue weighted by molar-refractivity contribution is 5.94. The molecule has 1 aliphatic rings. The normalized spacial score (nSPS) is 26.1. The summed E-state index contributed by atoms with van der Waals surface area (Å²) >= 11 is 0. The van der Waals surface area contributed by atoms with Crippen LogP contribution in [0.25, 0.3) is 0 Å². The fourth-order valence-corrected chi connectivity index (χ4v) is 2.17. The predicted molar refractivity (Wildman–Crippen MR) is 71.6 cm³/mol. The Kier molecular flexibility index (Phi) is 3.87. The average Bonchev–Trinajstić information content (AvgIpc) is 2.39. The number of pyridine rings is 1. The zero-order chi connectivity index (χ0) is 14.9. The highest BCUT2D eigenvalue weighted by Gasteiger charge is 2.38. The van der Waals surface area contributed by atoms with E-state index in [1.165, 1.54) is 17.0 Å². The van der Waals surface area contributed by atoms with E-state index in [4.69, 9.17) is 0 Å². The Labute approximate surface area is 116 Å². The maximum absolute atomic E-state index is 12.8. The van der Waals surface area contributed by atoms with E-state index in [1.54, 1.807) is 6.92 Å². The van der Waals surface area contributed by atoms with Crippen molar-refractivity contribution in [2.24, 2.45) is 0 Å². The Balaban J connectivity index is 2.14. The number of amides is 3. The third-order valence-electron chi connectivity index (χ3n) is 3.53. The first-order valence-electron chi connectivity index (χ1n) is 6.41. The van der Waals surface area contributed by atoms with E-state index in [2.05, 4.69) is 15.6 Å².